The van der Waals surface area contributed by atoms with Crippen LogP contribution in [0.2, 0.25) is 0 Å². The standard InChI is InChI=1S/C34H39N7O7/c1-7-46-27-18-22(14-17-26(27)47-19-34(3,4)32(44)40(5)6)28(37-23-15-12-21(13-16-23)29(35)36)30-38-33(45)41(39-30)25-11-9-8-10-24(25)31(43)48-20(2)42/h8-18,28,37H,7,19H2,1-6H3,(H3,35,36)(H,38,39,45). The van der Waals surface area contributed by atoms with Crippen LogP contribution in [-0.4, -0.2) is 70.7 Å². The third-order valence-corrected chi connectivity index (χ3v) is 7.18. The summed E-state index contributed by atoms with van der Waals surface area (Å²) in [6, 6.07) is 17.4. The average Bonchev–Trinajstić information content (AvgIpc) is 3.43. The number of H-pyrrole nitrogens is 1. The third kappa shape index (κ3) is 8.07. The van der Waals surface area contributed by atoms with E-state index in [0.717, 1.165) is 11.6 Å². The number of carbonyl (C=O) groups is 3. The first-order chi connectivity index (χ1) is 22.7. The number of amides is 1. The lowest BCUT2D eigenvalue weighted by Crippen LogP contribution is -2.40. The molecule has 4 rings (SSSR count). The van der Waals surface area contributed by atoms with Gasteiger partial charge in [0.05, 0.1) is 23.3 Å². The summed E-state index contributed by atoms with van der Waals surface area (Å²) >= 11 is 0. The first kappa shape index (κ1) is 34.9. The molecule has 4 aromatic rings. The van der Waals surface area contributed by atoms with Gasteiger partial charge in [-0.2, -0.15) is 4.68 Å². The molecule has 14 heteroatoms. The molecular formula is C34H39N7O7. The van der Waals surface area contributed by atoms with Crippen LogP contribution in [0, 0.1) is 10.8 Å². The van der Waals surface area contributed by atoms with Crippen molar-refractivity contribution in [1.29, 1.82) is 5.41 Å². The number of para-hydroxylation sites is 1. The fourth-order valence-electron chi connectivity index (χ4n) is 4.89. The SMILES string of the molecule is CCOc1cc(C(Nc2ccc(C(=N)N)cc2)c2nn(-c3ccccc3C(=O)OC(C)=O)c(=O)[nH]2)ccc1OCC(C)(C)C(=O)N(C)C. The summed E-state index contributed by atoms with van der Waals surface area (Å²) in [5.74, 6) is -0.900. The summed E-state index contributed by atoms with van der Waals surface area (Å²) in [5, 5.41) is 15.6. The number of rotatable bonds is 13. The molecule has 1 unspecified atom stereocenters. The maximum atomic E-state index is 13.3. The highest BCUT2D eigenvalue weighted by atomic mass is 16.6. The molecule has 0 radical (unpaired) electrons. The molecule has 0 aliphatic heterocycles. The molecule has 1 atom stereocenters. The van der Waals surface area contributed by atoms with Crippen molar-refractivity contribution in [1.82, 2.24) is 19.7 Å². The van der Waals surface area contributed by atoms with E-state index in [0.29, 0.717) is 34.9 Å². The van der Waals surface area contributed by atoms with E-state index in [-0.39, 0.29) is 35.4 Å². The Hall–Kier alpha value is -5.92. The van der Waals surface area contributed by atoms with Gasteiger partial charge in [0, 0.05) is 32.3 Å². The van der Waals surface area contributed by atoms with Crippen molar-refractivity contribution >= 4 is 29.4 Å². The molecule has 0 fully saturated rings. The fourth-order valence-corrected chi connectivity index (χ4v) is 4.89. The number of carbonyl (C=O) groups excluding carboxylic acids is 3. The first-order valence-electron chi connectivity index (χ1n) is 15.1. The maximum absolute atomic E-state index is 13.3. The highest BCUT2D eigenvalue weighted by molar-refractivity contribution is 5.99. The van der Waals surface area contributed by atoms with Crippen LogP contribution in [0.4, 0.5) is 5.69 Å². The van der Waals surface area contributed by atoms with Crippen molar-refractivity contribution in [3.8, 4) is 17.2 Å². The molecule has 48 heavy (non-hydrogen) atoms. The lowest BCUT2D eigenvalue weighted by atomic mass is 9.93. The molecule has 14 nitrogen and oxygen atoms in total. The van der Waals surface area contributed by atoms with Crippen LogP contribution in [0.5, 0.6) is 11.5 Å². The number of ether oxygens (including phenoxy) is 3. The number of nitrogens with zero attached hydrogens (tertiary/aromatic N) is 3. The van der Waals surface area contributed by atoms with Gasteiger partial charge < -0.3 is 30.2 Å². The van der Waals surface area contributed by atoms with Crippen molar-refractivity contribution in [2.24, 2.45) is 11.1 Å². The van der Waals surface area contributed by atoms with E-state index in [1.54, 1.807) is 82.5 Å². The molecule has 3 aromatic carbocycles. The van der Waals surface area contributed by atoms with Gasteiger partial charge in [-0.05, 0) is 74.9 Å². The normalized spacial score (nSPS) is 11.7. The van der Waals surface area contributed by atoms with E-state index < -0.39 is 29.1 Å². The van der Waals surface area contributed by atoms with E-state index in [4.69, 9.17) is 25.4 Å². The number of nitrogen functional groups attached to an aromatic ring is 1. The number of hydrogen-bond acceptors (Lipinski definition) is 10. The second kappa shape index (κ2) is 14.7. The van der Waals surface area contributed by atoms with Crippen LogP contribution in [0.25, 0.3) is 5.69 Å². The fraction of sp³-hybridized carbons (Fsp3) is 0.294. The minimum atomic E-state index is -0.929. The van der Waals surface area contributed by atoms with Crippen LogP contribution in [0.3, 0.4) is 0 Å². The Bertz CT molecular complexity index is 1880. The highest BCUT2D eigenvalue weighted by Crippen LogP contribution is 2.35. The van der Waals surface area contributed by atoms with Crippen molar-refractivity contribution in [3.05, 3.63) is 99.7 Å². The Kier molecular flexibility index (Phi) is 10.7. The number of hydrogen-bond donors (Lipinski definition) is 4. The zero-order chi connectivity index (χ0) is 35.2. The van der Waals surface area contributed by atoms with Gasteiger partial charge >= 0.3 is 17.6 Å². The van der Waals surface area contributed by atoms with Crippen LogP contribution in [0.15, 0.2) is 71.5 Å². The summed E-state index contributed by atoms with van der Waals surface area (Å²) in [4.78, 5) is 54.5. The van der Waals surface area contributed by atoms with Gasteiger partial charge in [-0.25, -0.2) is 9.59 Å². The van der Waals surface area contributed by atoms with Gasteiger partial charge in [0.15, 0.2) is 17.3 Å². The first-order valence-corrected chi connectivity index (χ1v) is 15.1. The molecule has 1 amide bonds. The Morgan fingerprint density at radius 1 is 1.04 bits per heavy atom. The lowest BCUT2D eigenvalue weighted by Gasteiger charge is -2.27. The summed E-state index contributed by atoms with van der Waals surface area (Å²) in [6.45, 7) is 6.95. The number of benzene rings is 3. The van der Waals surface area contributed by atoms with Crippen LogP contribution < -0.4 is 26.2 Å². The number of aromatic nitrogens is 3. The highest BCUT2D eigenvalue weighted by Gasteiger charge is 2.31. The number of nitrogens with one attached hydrogen (secondary N) is 3. The maximum Gasteiger partial charge on any atom is 0.348 e. The number of nitrogens with two attached hydrogens (primary N) is 1. The van der Waals surface area contributed by atoms with E-state index in [9.17, 15) is 19.2 Å². The topological polar surface area (TPSA) is 195 Å². The van der Waals surface area contributed by atoms with Crippen molar-refractivity contribution < 1.29 is 28.6 Å². The molecule has 0 spiro atoms. The molecule has 0 bridgehead atoms. The van der Waals surface area contributed by atoms with Crippen LogP contribution in [0.1, 0.15) is 61.0 Å². The zero-order valence-electron chi connectivity index (χ0n) is 27.6. The Morgan fingerprint density at radius 2 is 1.73 bits per heavy atom. The average molecular weight is 658 g/mol. The molecule has 252 valence electrons. The molecule has 1 aromatic heterocycles. The molecule has 0 aliphatic rings. The predicted molar refractivity (Wildman–Crippen MR) is 179 cm³/mol. The minimum absolute atomic E-state index is 0.0343. The van der Waals surface area contributed by atoms with Gasteiger partial charge in [-0.1, -0.05) is 18.2 Å². The largest absolute Gasteiger partial charge is 0.490 e. The summed E-state index contributed by atoms with van der Waals surface area (Å²) in [5.41, 5.74) is 6.02. The summed E-state index contributed by atoms with van der Waals surface area (Å²) in [7, 11) is 3.38. The second-order valence-electron chi connectivity index (χ2n) is 11.7. The number of anilines is 1. The van der Waals surface area contributed by atoms with Gasteiger partial charge in [-0.3, -0.25) is 20.0 Å². The Balaban J connectivity index is 1.78. The van der Waals surface area contributed by atoms with Crippen LogP contribution in [-0.2, 0) is 14.3 Å². The summed E-state index contributed by atoms with van der Waals surface area (Å²) < 4.78 is 17.8. The lowest BCUT2D eigenvalue weighted by molar-refractivity contribution is -0.139. The van der Waals surface area contributed by atoms with Gasteiger partial charge in [-0.15, -0.1) is 5.10 Å². The monoisotopic (exact) mass is 657 g/mol. The van der Waals surface area contributed by atoms with Gasteiger partial charge in [0.25, 0.3) is 0 Å². The van der Waals surface area contributed by atoms with Gasteiger partial charge in [0.1, 0.15) is 18.5 Å². The van der Waals surface area contributed by atoms with Gasteiger partial charge in [0.2, 0.25) is 5.91 Å². The van der Waals surface area contributed by atoms with E-state index >= 15 is 0 Å². The number of aromatic amines is 1. The molecule has 0 saturated heterocycles. The van der Waals surface area contributed by atoms with Crippen molar-refractivity contribution in [2.75, 3.05) is 32.6 Å². The molecular weight excluding hydrogens is 618 g/mol. The van der Waals surface area contributed by atoms with Crippen LogP contribution >= 0.6 is 0 Å². The summed E-state index contributed by atoms with van der Waals surface area (Å²) in [6.07, 6.45) is 0. The molecule has 1 heterocycles. The second-order valence-corrected chi connectivity index (χ2v) is 11.7. The molecule has 5 N–H and O–H groups in total. The predicted octanol–water partition coefficient (Wildman–Crippen LogP) is 3.64. The Morgan fingerprint density at radius 3 is 2.35 bits per heavy atom. The molecule has 0 saturated carbocycles. The van der Waals surface area contributed by atoms with Crippen molar-refractivity contribution in [3.63, 3.8) is 0 Å². The smallest absolute Gasteiger partial charge is 0.348 e. The third-order valence-electron chi connectivity index (χ3n) is 7.18. The zero-order valence-corrected chi connectivity index (χ0v) is 27.6. The minimum Gasteiger partial charge on any atom is -0.490 e. The Labute approximate surface area is 277 Å². The number of esters is 2. The number of amidine groups is 1. The molecule has 0 aliphatic carbocycles. The van der Waals surface area contributed by atoms with E-state index in [2.05, 4.69) is 15.4 Å². The van der Waals surface area contributed by atoms with Crippen molar-refractivity contribution in [2.45, 2.75) is 33.7 Å². The van der Waals surface area contributed by atoms with E-state index in [1.807, 2.05) is 6.92 Å². The van der Waals surface area contributed by atoms with E-state index in [1.165, 1.54) is 17.0 Å². The quantitative estimate of drug-likeness (QED) is 0.0713.